The molecule has 8 nitrogen and oxygen atoms in total. The number of carbonyl (C=O) groups is 1. The van der Waals surface area contributed by atoms with Crippen molar-refractivity contribution in [3.8, 4) is 5.75 Å². The highest BCUT2D eigenvalue weighted by atomic mass is 32.2. The molecule has 0 saturated heterocycles. The van der Waals surface area contributed by atoms with Crippen molar-refractivity contribution in [3.05, 3.63) is 76.6 Å². The summed E-state index contributed by atoms with van der Waals surface area (Å²) in [5.41, 5.74) is -4.15. The van der Waals surface area contributed by atoms with Gasteiger partial charge in [0, 0.05) is 31.7 Å². The first kappa shape index (κ1) is 42.8. The molecule has 1 aromatic heterocycles. The molecule has 1 N–H and O–H groups in total. The fourth-order valence-electron chi connectivity index (χ4n) is 6.55. The molecule has 1 unspecified atom stereocenters. The molecule has 1 aliphatic rings. The average Bonchev–Trinajstić information content (AvgIpc) is 3.08. The van der Waals surface area contributed by atoms with E-state index in [-0.39, 0.29) is 53.9 Å². The lowest BCUT2D eigenvalue weighted by Gasteiger charge is -2.36. The van der Waals surface area contributed by atoms with E-state index in [9.17, 15) is 54.0 Å². The van der Waals surface area contributed by atoms with Crippen LogP contribution in [-0.2, 0) is 41.0 Å². The fourth-order valence-corrected chi connectivity index (χ4v) is 6.86. The molecule has 18 heteroatoms. The van der Waals surface area contributed by atoms with Crippen LogP contribution in [0, 0.1) is 11.8 Å². The second-order valence-corrected chi connectivity index (χ2v) is 14.9. The van der Waals surface area contributed by atoms with Gasteiger partial charge in [-0.05, 0) is 98.9 Å². The van der Waals surface area contributed by atoms with E-state index < -0.39 is 70.5 Å². The van der Waals surface area contributed by atoms with Crippen LogP contribution in [0.25, 0.3) is 0 Å². The predicted octanol–water partition coefficient (Wildman–Crippen LogP) is 9.17. The fraction of sp³-hybridized carbons (Fsp3) is 0.528. The molecule has 0 amide bonds. The smallest absolute Gasteiger partial charge is 0.416 e. The normalized spacial score (nSPS) is 17.9. The second kappa shape index (κ2) is 17.7. The van der Waals surface area contributed by atoms with Gasteiger partial charge in [-0.1, -0.05) is 11.2 Å². The van der Waals surface area contributed by atoms with Crippen LogP contribution >= 0.6 is 0 Å². The van der Waals surface area contributed by atoms with E-state index >= 15 is 0 Å². The minimum atomic E-state index is -5.15. The Balaban J connectivity index is 1.79. The Morgan fingerprint density at radius 3 is 1.96 bits per heavy atom. The van der Waals surface area contributed by atoms with E-state index in [0.717, 1.165) is 12.1 Å². The molecule has 1 fully saturated rings. The number of hydrogen-bond acceptors (Lipinski definition) is 7. The number of carboxylic acid groups (broad SMARTS) is 1. The van der Waals surface area contributed by atoms with Gasteiger partial charge in [0.1, 0.15) is 12.4 Å². The zero-order valence-corrected chi connectivity index (χ0v) is 30.5. The van der Waals surface area contributed by atoms with Crippen LogP contribution in [0.4, 0.5) is 51.1 Å². The molecule has 2 atom stereocenters. The quantitative estimate of drug-likeness (QED) is 0.120. The summed E-state index contributed by atoms with van der Waals surface area (Å²) in [5.74, 6) is -0.702. The molecule has 54 heavy (non-hydrogen) atoms. The lowest BCUT2D eigenvalue weighted by Crippen LogP contribution is -2.34. The van der Waals surface area contributed by atoms with Gasteiger partial charge in [0.15, 0.2) is 5.75 Å². The summed E-state index contributed by atoms with van der Waals surface area (Å²) in [6.45, 7) is 3.43. The van der Waals surface area contributed by atoms with Crippen molar-refractivity contribution >= 4 is 28.8 Å². The highest BCUT2D eigenvalue weighted by Crippen LogP contribution is 2.41. The molecule has 2 aromatic carbocycles. The molecule has 1 aliphatic carbocycles. The number of benzene rings is 2. The topological polar surface area (TPSA) is 102 Å². The Morgan fingerprint density at radius 2 is 1.46 bits per heavy atom. The van der Waals surface area contributed by atoms with E-state index in [1.807, 2.05) is 4.90 Å². The van der Waals surface area contributed by atoms with Gasteiger partial charge in [-0.2, -0.15) is 39.5 Å². The summed E-state index contributed by atoms with van der Waals surface area (Å²) in [5, 5.41) is 9.19. The first-order valence-electron chi connectivity index (χ1n) is 17.1. The Labute approximate surface area is 309 Å². The third kappa shape index (κ3) is 11.8. The summed E-state index contributed by atoms with van der Waals surface area (Å²) in [4.78, 5) is 22.8. The molecular weight excluding hydrogens is 755 g/mol. The van der Waals surface area contributed by atoms with Gasteiger partial charge < -0.3 is 24.2 Å². The SMILES string of the molecule is CCN(C[C@H]1CC[C@H](CC(=O)O)CC1)c1ccc(C(F)(F)F)cc1CN(c1ncc(OCC[S@@+](C)[O-])cn1)C(C)c1cc(C(F)(F)F)cc(C(F)(F)F)c1. The number of halogens is 9. The molecule has 0 bridgehead atoms. The van der Waals surface area contributed by atoms with Gasteiger partial charge in [-0.3, -0.25) is 4.79 Å². The number of aromatic nitrogens is 2. The Morgan fingerprint density at radius 1 is 0.907 bits per heavy atom. The largest absolute Gasteiger partial charge is 0.616 e. The third-order valence-electron chi connectivity index (χ3n) is 9.45. The molecule has 0 radical (unpaired) electrons. The molecule has 0 aliphatic heterocycles. The predicted molar refractivity (Wildman–Crippen MR) is 185 cm³/mol. The zero-order chi connectivity index (χ0) is 40.0. The number of nitrogens with zero attached hydrogens (tertiary/aromatic N) is 4. The van der Waals surface area contributed by atoms with Crippen molar-refractivity contribution in [2.75, 3.05) is 41.5 Å². The summed E-state index contributed by atoms with van der Waals surface area (Å²) >= 11 is -1.18. The minimum absolute atomic E-state index is 0.00824. The summed E-state index contributed by atoms with van der Waals surface area (Å²) in [6, 6.07) is 2.87. The van der Waals surface area contributed by atoms with E-state index in [0.29, 0.717) is 56.6 Å². The third-order valence-corrected chi connectivity index (χ3v) is 10.2. The standard InChI is InChI=1S/C36H41F9N4O4S/c1-4-48(20-24-7-5-23(6-8-24)13-32(50)51)31-10-9-27(34(37,38)39)16-26(31)21-49(33-46-18-30(19-47-33)53-11-12-54(3)52)22(2)25-14-28(35(40,41)42)17-29(15-25)36(43,44)45/h9-10,14-19,22-24H,4-8,11-13,20-21H2,1-3H3,(H,50,51)/t22?,23-,24-,54-/m1/s1. The molecule has 1 saturated carbocycles. The van der Waals surface area contributed by atoms with Gasteiger partial charge in [0.2, 0.25) is 5.95 Å². The number of anilines is 2. The monoisotopic (exact) mass is 796 g/mol. The van der Waals surface area contributed by atoms with Crippen LogP contribution in [0.15, 0.2) is 48.8 Å². The summed E-state index contributed by atoms with van der Waals surface area (Å²) < 4.78 is 143. The maximum Gasteiger partial charge on any atom is 0.416 e. The van der Waals surface area contributed by atoms with Crippen molar-refractivity contribution in [2.24, 2.45) is 11.8 Å². The second-order valence-electron chi connectivity index (χ2n) is 13.4. The van der Waals surface area contributed by atoms with Gasteiger partial charge in [-0.15, -0.1) is 0 Å². The number of aliphatic carboxylic acids is 1. The number of hydrogen-bond donors (Lipinski definition) is 1. The number of rotatable bonds is 15. The number of alkyl halides is 9. The molecular formula is C36H41F9N4O4S. The number of ether oxygens (including phenoxy) is 1. The van der Waals surface area contributed by atoms with E-state index in [1.165, 1.54) is 36.5 Å². The maximum atomic E-state index is 14.1. The van der Waals surface area contributed by atoms with Crippen LogP contribution in [-0.4, -0.2) is 57.3 Å². The van der Waals surface area contributed by atoms with Crippen LogP contribution in [0.1, 0.15) is 79.8 Å². The highest BCUT2D eigenvalue weighted by molar-refractivity contribution is 7.90. The summed E-state index contributed by atoms with van der Waals surface area (Å²) in [7, 11) is 0. The Hall–Kier alpha value is -3.93. The molecule has 0 spiro atoms. The van der Waals surface area contributed by atoms with Crippen molar-refractivity contribution in [2.45, 2.75) is 77.1 Å². The van der Waals surface area contributed by atoms with E-state index in [2.05, 4.69) is 9.97 Å². The minimum Gasteiger partial charge on any atom is -0.616 e. The van der Waals surface area contributed by atoms with Crippen molar-refractivity contribution in [1.29, 1.82) is 0 Å². The van der Waals surface area contributed by atoms with E-state index in [1.54, 1.807) is 6.92 Å². The van der Waals surface area contributed by atoms with Gasteiger partial charge in [0.25, 0.3) is 0 Å². The first-order chi connectivity index (χ1) is 25.1. The van der Waals surface area contributed by atoms with Gasteiger partial charge >= 0.3 is 24.5 Å². The number of carboxylic acids is 1. The Bertz CT molecular complexity index is 1670. The molecule has 1 heterocycles. The van der Waals surface area contributed by atoms with E-state index in [4.69, 9.17) is 4.74 Å². The van der Waals surface area contributed by atoms with Gasteiger partial charge in [-0.25, -0.2) is 9.97 Å². The molecule has 4 rings (SSSR count). The molecule has 298 valence electrons. The van der Waals surface area contributed by atoms with Crippen LogP contribution in [0.2, 0.25) is 0 Å². The maximum absolute atomic E-state index is 14.1. The lowest BCUT2D eigenvalue weighted by atomic mass is 9.80. The zero-order valence-electron chi connectivity index (χ0n) is 29.7. The first-order valence-corrected chi connectivity index (χ1v) is 18.9. The Kier molecular flexibility index (Phi) is 14.0. The van der Waals surface area contributed by atoms with Crippen molar-refractivity contribution in [3.63, 3.8) is 0 Å². The van der Waals surface area contributed by atoms with Crippen molar-refractivity contribution in [1.82, 2.24) is 9.97 Å². The lowest BCUT2D eigenvalue weighted by molar-refractivity contribution is -0.143. The van der Waals surface area contributed by atoms with Crippen LogP contribution in [0.5, 0.6) is 5.75 Å². The molecule has 3 aromatic rings. The van der Waals surface area contributed by atoms with Crippen molar-refractivity contribution < 1.29 is 58.7 Å². The average molecular weight is 797 g/mol. The van der Waals surface area contributed by atoms with Crippen LogP contribution in [0.3, 0.4) is 0 Å². The summed E-state index contributed by atoms with van der Waals surface area (Å²) in [6.07, 6.45) is -8.46. The van der Waals surface area contributed by atoms with Gasteiger partial charge in [0.05, 0.1) is 41.4 Å². The highest BCUT2D eigenvalue weighted by Gasteiger charge is 2.38. The van der Waals surface area contributed by atoms with Crippen LogP contribution < -0.4 is 14.5 Å².